The van der Waals surface area contributed by atoms with Gasteiger partial charge in [-0.1, -0.05) is 19.9 Å². The van der Waals surface area contributed by atoms with E-state index in [1.807, 2.05) is 32.9 Å². The van der Waals surface area contributed by atoms with Crippen molar-refractivity contribution in [2.45, 2.75) is 58.9 Å². The van der Waals surface area contributed by atoms with Gasteiger partial charge in [-0.15, -0.1) is 0 Å². The molecule has 208 valence electrons. The van der Waals surface area contributed by atoms with Crippen molar-refractivity contribution in [1.82, 2.24) is 34.4 Å². The zero-order valence-electron chi connectivity index (χ0n) is 23.8. The number of fused-ring (bicyclic) bond motifs is 3. The lowest BCUT2D eigenvalue weighted by Crippen LogP contribution is -2.36. The average Bonchev–Trinajstić information content (AvgIpc) is 3.55. The summed E-state index contributed by atoms with van der Waals surface area (Å²) in [5.74, 6) is 2.02. The first-order valence-electron chi connectivity index (χ1n) is 14.0. The quantitative estimate of drug-likeness (QED) is 0.378. The molecule has 3 aliphatic rings. The van der Waals surface area contributed by atoms with Gasteiger partial charge in [0.1, 0.15) is 35.5 Å². The number of carbonyl (C=O) groups excluding carboxylic acids is 2. The van der Waals surface area contributed by atoms with Crippen molar-refractivity contribution in [1.29, 1.82) is 0 Å². The molecule has 10 nitrogen and oxygen atoms in total. The number of likely N-dealkylation sites (N-methyl/N-ethyl adjacent to an activating group) is 1. The second kappa shape index (κ2) is 11.2. The van der Waals surface area contributed by atoms with E-state index < -0.39 is 5.41 Å². The maximum absolute atomic E-state index is 12.9. The first-order valence-corrected chi connectivity index (χ1v) is 14.0. The van der Waals surface area contributed by atoms with Crippen molar-refractivity contribution in [3.63, 3.8) is 0 Å². The van der Waals surface area contributed by atoms with Crippen molar-refractivity contribution in [3.05, 3.63) is 48.3 Å². The largest absolute Gasteiger partial charge is 0.325 e. The third-order valence-corrected chi connectivity index (χ3v) is 7.65. The molecule has 3 aromatic heterocycles. The van der Waals surface area contributed by atoms with Crippen LogP contribution in [0.3, 0.4) is 0 Å². The van der Waals surface area contributed by atoms with Crippen LogP contribution in [0.5, 0.6) is 0 Å². The number of imidazole rings is 1. The second-order valence-corrected chi connectivity index (χ2v) is 10.4. The molecule has 1 saturated heterocycles. The minimum absolute atomic E-state index is 0.0868. The highest BCUT2D eigenvalue weighted by molar-refractivity contribution is 6.07. The van der Waals surface area contributed by atoms with Crippen LogP contribution in [0.25, 0.3) is 33.8 Å². The Labute approximate surface area is 234 Å². The van der Waals surface area contributed by atoms with E-state index in [-0.39, 0.29) is 5.91 Å². The number of benzene rings is 1. The van der Waals surface area contributed by atoms with Crippen LogP contribution in [-0.4, -0.2) is 66.7 Å². The molecule has 5 heterocycles. The molecule has 1 aliphatic carbocycles. The van der Waals surface area contributed by atoms with E-state index in [1.54, 1.807) is 18.7 Å². The summed E-state index contributed by atoms with van der Waals surface area (Å²) in [7, 11) is 2.06. The first-order chi connectivity index (χ1) is 19.4. The average molecular weight is 541 g/mol. The van der Waals surface area contributed by atoms with Crippen LogP contribution >= 0.6 is 0 Å². The van der Waals surface area contributed by atoms with E-state index in [9.17, 15) is 9.59 Å². The fraction of sp³-hybridized carbons (Fsp3) is 0.433. The third kappa shape index (κ3) is 4.88. The first kappa shape index (κ1) is 27.5. The Balaban J connectivity index is 0.000000411. The Kier molecular flexibility index (Phi) is 7.71. The van der Waals surface area contributed by atoms with Gasteiger partial charge in [0, 0.05) is 42.7 Å². The summed E-state index contributed by atoms with van der Waals surface area (Å²) in [6.07, 6.45) is 9.28. The molecule has 1 unspecified atom stereocenters. The van der Waals surface area contributed by atoms with Crippen LogP contribution in [0.4, 0.5) is 5.69 Å². The predicted octanol–water partition coefficient (Wildman–Crippen LogP) is 4.43. The predicted molar refractivity (Wildman–Crippen MR) is 155 cm³/mol. The summed E-state index contributed by atoms with van der Waals surface area (Å²) in [5, 5.41) is 3.08. The van der Waals surface area contributed by atoms with Gasteiger partial charge in [-0.3, -0.25) is 4.79 Å². The summed E-state index contributed by atoms with van der Waals surface area (Å²) >= 11 is 0. The highest BCUT2D eigenvalue weighted by Gasteiger charge is 2.50. The molecule has 0 radical (unpaired) electrons. The van der Waals surface area contributed by atoms with Gasteiger partial charge in [-0.2, -0.15) is 0 Å². The number of anilines is 1. The summed E-state index contributed by atoms with van der Waals surface area (Å²) in [6.45, 7) is 10.2. The zero-order chi connectivity index (χ0) is 28.4. The number of hydrogen-bond donors (Lipinski definition) is 1. The van der Waals surface area contributed by atoms with Gasteiger partial charge >= 0.3 is 0 Å². The molecule has 2 fully saturated rings. The van der Waals surface area contributed by atoms with Crippen LogP contribution in [0.15, 0.2) is 36.9 Å². The highest BCUT2D eigenvalue weighted by Crippen LogP contribution is 2.45. The van der Waals surface area contributed by atoms with Crippen LogP contribution in [0.2, 0.25) is 0 Å². The highest BCUT2D eigenvalue weighted by atomic mass is 16.2. The number of rotatable bonds is 4. The van der Waals surface area contributed by atoms with E-state index in [0.717, 1.165) is 83.7 Å². The SMILES string of the molecule is CC.CCn1c(-c2cnc(C)nc2)nc2c(-c3ccc4c(c3)C3(CCN(C)C3)C(=O)N4)ncnc21.O=CC1CC1. The lowest BCUT2D eigenvalue weighted by atomic mass is 9.80. The molecule has 1 aromatic carbocycles. The number of carbonyl (C=O) groups is 2. The van der Waals surface area contributed by atoms with E-state index in [4.69, 9.17) is 4.98 Å². The van der Waals surface area contributed by atoms with E-state index >= 15 is 0 Å². The second-order valence-electron chi connectivity index (χ2n) is 10.4. The fourth-order valence-corrected chi connectivity index (χ4v) is 5.37. The molecule has 7 rings (SSSR count). The number of nitrogens with one attached hydrogen (secondary N) is 1. The van der Waals surface area contributed by atoms with Crippen molar-refractivity contribution < 1.29 is 9.59 Å². The Morgan fingerprint density at radius 1 is 1.10 bits per heavy atom. The van der Waals surface area contributed by atoms with Crippen molar-refractivity contribution in [2.75, 3.05) is 25.5 Å². The minimum atomic E-state index is -0.501. The number of likely N-dealkylation sites (tertiary alicyclic amines) is 1. The molecule has 1 atom stereocenters. The lowest BCUT2D eigenvalue weighted by molar-refractivity contribution is -0.120. The number of amides is 1. The van der Waals surface area contributed by atoms with Crippen LogP contribution in [0, 0.1) is 12.8 Å². The van der Waals surface area contributed by atoms with Crippen molar-refractivity contribution in [2.24, 2.45) is 5.92 Å². The zero-order valence-corrected chi connectivity index (χ0v) is 23.8. The van der Waals surface area contributed by atoms with E-state index in [1.165, 1.54) is 0 Å². The molecule has 1 saturated carbocycles. The summed E-state index contributed by atoms with van der Waals surface area (Å²) < 4.78 is 2.06. The van der Waals surface area contributed by atoms with Crippen molar-refractivity contribution in [3.8, 4) is 22.6 Å². The molecule has 2 aliphatic heterocycles. The molecule has 40 heavy (non-hydrogen) atoms. The topological polar surface area (TPSA) is 119 Å². The van der Waals surface area contributed by atoms with Crippen LogP contribution in [0.1, 0.15) is 51.4 Å². The van der Waals surface area contributed by atoms with Gasteiger partial charge in [-0.05, 0) is 64.4 Å². The van der Waals surface area contributed by atoms with Gasteiger partial charge in [0.05, 0.1) is 11.0 Å². The number of aldehydes is 1. The smallest absolute Gasteiger partial charge is 0.236 e. The van der Waals surface area contributed by atoms with Crippen LogP contribution < -0.4 is 5.32 Å². The molecule has 0 bridgehead atoms. The maximum Gasteiger partial charge on any atom is 0.236 e. The van der Waals surface area contributed by atoms with Gasteiger partial charge in [-0.25, -0.2) is 24.9 Å². The summed E-state index contributed by atoms with van der Waals surface area (Å²) in [5.41, 5.74) is 5.45. The molecule has 1 spiro atoms. The summed E-state index contributed by atoms with van der Waals surface area (Å²) in [4.78, 5) is 47.5. The fourth-order valence-electron chi connectivity index (χ4n) is 5.37. The van der Waals surface area contributed by atoms with Crippen molar-refractivity contribution >= 4 is 29.0 Å². The molecule has 10 heteroatoms. The maximum atomic E-state index is 12.9. The number of aromatic nitrogens is 6. The Bertz CT molecular complexity index is 1540. The van der Waals surface area contributed by atoms with E-state index in [2.05, 4.69) is 54.8 Å². The molecule has 1 amide bonds. The Hall–Kier alpha value is -4.05. The molecule has 4 aromatic rings. The Morgan fingerprint density at radius 3 is 2.45 bits per heavy atom. The Morgan fingerprint density at radius 2 is 1.85 bits per heavy atom. The molecular formula is C30H36N8O2. The number of nitrogens with zero attached hydrogens (tertiary/aromatic N) is 7. The summed E-state index contributed by atoms with van der Waals surface area (Å²) in [6, 6.07) is 6.08. The number of aryl methyl sites for hydroxylation is 2. The third-order valence-electron chi connectivity index (χ3n) is 7.65. The van der Waals surface area contributed by atoms with Gasteiger partial charge < -0.3 is 19.6 Å². The minimum Gasteiger partial charge on any atom is -0.325 e. The van der Waals surface area contributed by atoms with E-state index in [0.29, 0.717) is 18.3 Å². The lowest BCUT2D eigenvalue weighted by Gasteiger charge is -2.21. The van der Waals surface area contributed by atoms with Crippen LogP contribution in [-0.2, 0) is 21.5 Å². The molecule has 1 N–H and O–H groups in total. The monoisotopic (exact) mass is 540 g/mol. The molecular weight excluding hydrogens is 504 g/mol. The van der Waals surface area contributed by atoms with Gasteiger partial charge in [0.25, 0.3) is 0 Å². The van der Waals surface area contributed by atoms with Gasteiger partial charge in [0.15, 0.2) is 5.65 Å². The standard InChI is InChI=1S/C24H24N8O.C4H6O.C2H6/c1-4-32-21(16-10-25-14(2)26-11-16)30-20-19(27-13-28-22(20)32)15-5-6-18-17(9-15)24(23(33)29-18)7-8-31(3)12-24;5-3-4-1-2-4;1-2/h5-6,9-11,13H,4,7-8,12H2,1-3H3,(H,29,33);3-4H,1-2H2;1-2H3. The van der Waals surface area contributed by atoms with Gasteiger partial charge in [0.2, 0.25) is 5.91 Å². The number of hydrogen-bond acceptors (Lipinski definition) is 8. The normalized spacial score (nSPS) is 19.5.